The summed E-state index contributed by atoms with van der Waals surface area (Å²) in [6, 6.07) is 4.18. The summed E-state index contributed by atoms with van der Waals surface area (Å²) in [5.74, 6) is 0.989. The van der Waals surface area contributed by atoms with E-state index in [1.165, 1.54) is 19.2 Å². The predicted molar refractivity (Wildman–Crippen MR) is 121 cm³/mol. The Morgan fingerprint density at radius 1 is 1.12 bits per heavy atom. The van der Waals surface area contributed by atoms with Crippen LogP contribution in [0.25, 0.3) is 11.4 Å². The van der Waals surface area contributed by atoms with Gasteiger partial charge in [-0.25, -0.2) is 14.8 Å². The number of carbonyl (C=O) groups is 1. The van der Waals surface area contributed by atoms with E-state index < -0.39 is 23.9 Å². The van der Waals surface area contributed by atoms with Crippen LogP contribution in [-0.2, 0) is 6.18 Å². The number of aliphatic hydroxyl groups is 1. The van der Waals surface area contributed by atoms with Crippen molar-refractivity contribution in [2.24, 2.45) is 0 Å². The zero-order valence-electron chi connectivity index (χ0n) is 19.0. The maximum atomic E-state index is 13.3. The molecule has 11 heteroatoms. The predicted octanol–water partition coefficient (Wildman–Crippen LogP) is 5.27. The summed E-state index contributed by atoms with van der Waals surface area (Å²) in [4.78, 5) is 25.3. The van der Waals surface area contributed by atoms with Gasteiger partial charge in [-0.05, 0) is 51.5 Å². The first kappa shape index (κ1) is 24.9. The topological polar surface area (TPSA) is 109 Å². The van der Waals surface area contributed by atoms with Crippen LogP contribution in [0.1, 0.15) is 42.5 Å². The highest BCUT2D eigenvalue weighted by molar-refractivity contribution is 6.00. The number of halogens is 3. The number of nitrogens with zero attached hydrogens (tertiary/aromatic N) is 3. The number of benzene rings is 1. The third-order valence-electron chi connectivity index (χ3n) is 4.89. The maximum absolute atomic E-state index is 13.3. The van der Waals surface area contributed by atoms with E-state index in [1.807, 2.05) is 13.8 Å². The molecule has 3 rings (SSSR count). The van der Waals surface area contributed by atoms with Crippen molar-refractivity contribution in [2.45, 2.75) is 40.0 Å². The van der Waals surface area contributed by atoms with Crippen LogP contribution in [0, 0.1) is 13.8 Å². The van der Waals surface area contributed by atoms with E-state index in [0.29, 0.717) is 29.4 Å². The molecule has 3 N–H and O–H groups in total. The lowest BCUT2D eigenvalue weighted by atomic mass is 10.0. The van der Waals surface area contributed by atoms with E-state index in [0.717, 1.165) is 17.8 Å². The number of alkyl halides is 3. The smallest absolute Gasteiger partial charge is 0.416 e. The van der Waals surface area contributed by atoms with Gasteiger partial charge in [0.2, 0.25) is 0 Å². The Morgan fingerprint density at radius 2 is 1.85 bits per heavy atom. The zero-order chi connectivity index (χ0) is 25.0. The van der Waals surface area contributed by atoms with E-state index in [9.17, 15) is 23.1 Å². The Hall–Kier alpha value is -3.73. The van der Waals surface area contributed by atoms with Gasteiger partial charge in [0.05, 0.1) is 41.5 Å². The molecule has 8 nitrogen and oxygen atoms in total. The van der Waals surface area contributed by atoms with Crippen LogP contribution in [0.15, 0.2) is 36.7 Å². The van der Waals surface area contributed by atoms with Crippen molar-refractivity contribution in [3.8, 4) is 17.1 Å². The average Bonchev–Trinajstić information content (AvgIpc) is 2.76. The van der Waals surface area contributed by atoms with Gasteiger partial charge in [-0.3, -0.25) is 4.98 Å². The van der Waals surface area contributed by atoms with Crippen LogP contribution in [0.4, 0.5) is 29.3 Å². The minimum absolute atomic E-state index is 0.0846. The van der Waals surface area contributed by atoms with E-state index in [1.54, 1.807) is 19.2 Å². The van der Waals surface area contributed by atoms with Crippen molar-refractivity contribution in [1.82, 2.24) is 15.0 Å². The number of aromatic nitrogens is 3. The Bertz CT molecular complexity index is 1200. The number of hydrogen-bond donors (Lipinski definition) is 3. The Balaban J connectivity index is 1.77. The monoisotopic (exact) mass is 475 g/mol. The zero-order valence-corrected chi connectivity index (χ0v) is 19.0. The lowest BCUT2D eigenvalue weighted by Crippen LogP contribution is -2.21. The number of hydrogen-bond acceptors (Lipinski definition) is 6. The summed E-state index contributed by atoms with van der Waals surface area (Å²) in [5.41, 5.74) is 0.692. The number of anilines is 2. The molecule has 0 saturated carbocycles. The number of nitrogens with one attached hydrogen (secondary N) is 2. The fourth-order valence-corrected chi connectivity index (χ4v) is 3.19. The molecule has 0 aliphatic carbocycles. The molecule has 0 aliphatic rings. The molecular formula is C23H24F3N5O3. The normalized spacial score (nSPS) is 12.2. The minimum atomic E-state index is -4.69. The van der Waals surface area contributed by atoms with E-state index >= 15 is 0 Å². The standard InChI is InChI=1S/C23H24F3N5O3/c1-5-34-20-8-15(10-27-13(20)3)21-28-11-19(12(2)29-21)31-22(33)30-16-6-7-17(14(4)32)18(9-16)23(24,25)26/h6-11,14,32H,5H2,1-4H3,(H2,30,31,33). The van der Waals surface area contributed by atoms with Crippen molar-refractivity contribution < 1.29 is 27.8 Å². The van der Waals surface area contributed by atoms with Crippen molar-refractivity contribution >= 4 is 17.4 Å². The van der Waals surface area contributed by atoms with Gasteiger partial charge in [0, 0.05) is 17.4 Å². The van der Waals surface area contributed by atoms with Gasteiger partial charge >= 0.3 is 12.2 Å². The fraction of sp³-hybridized carbons (Fsp3) is 0.304. The number of aryl methyl sites for hydroxylation is 2. The second-order valence-electron chi connectivity index (χ2n) is 7.49. The molecular weight excluding hydrogens is 451 g/mol. The molecule has 0 radical (unpaired) electrons. The van der Waals surface area contributed by atoms with Crippen molar-refractivity contribution in [1.29, 1.82) is 0 Å². The third kappa shape index (κ3) is 5.79. The van der Waals surface area contributed by atoms with Gasteiger partial charge in [-0.15, -0.1) is 0 Å². The number of pyridine rings is 1. The quantitative estimate of drug-likeness (QED) is 0.448. The molecule has 180 valence electrons. The Morgan fingerprint density at radius 3 is 2.47 bits per heavy atom. The van der Waals surface area contributed by atoms with Crippen molar-refractivity contribution in [3.63, 3.8) is 0 Å². The Kier molecular flexibility index (Phi) is 7.35. The van der Waals surface area contributed by atoms with Crippen LogP contribution < -0.4 is 15.4 Å². The molecule has 1 atom stereocenters. The van der Waals surface area contributed by atoms with Gasteiger partial charge in [-0.2, -0.15) is 13.2 Å². The second-order valence-corrected chi connectivity index (χ2v) is 7.49. The molecule has 3 aromatic rings. The lowest BCUT2D eigenvalue weighted by molar-refractivity contribution is -0.139. The van der Waals surface area contributed by atoms with Crippen LogP contribution in [0.3, 0.4) is 0 Å². The van der Waals surface area contributed by atoms with Gasteiger partial charge in [0.1, 0.15) is 5.75 Å². The molecule has 34 heavy (non-hydrogen) atoms. The first-order valence-electron chi connectivity index (χ1n) is 10.4. The van der Waals surface area contributed by atoms with Crippen LogP contribution in [0.5, 0.6) is 5.75 Å². The first-order valence-corrected chi connectivity index (χ1v) is 10.4. The van der Waals surface area contributed by atoms with E-state index in [-0.39, 0.29) is 16.9 Å². The van der Waals surface area contributed by atoms with Crippen LogP contribution >= 0.6 is 0 Å². The molecule has 2 heterocycles. The number of urea groups is 1. The molecule has 0 spiro atoms. The third-order valence-corrected chi connectivity index (χ3v) is 4.89. The van der Waals surface area contributed by atoms with Gasteiger partial charge < -0.3 is 20.5 Å². The average molecular weight is 475 g/mol. The van der Waals surface area contributed by atoms with Crippen LogP contribution in [0.2, 0.25) is 0 Å². The maximum Gasteiger partial charge on any atom is 0.416 e. The molecule has 1 aromatic carbocycles. The highest BCUT2D eigenvalue weighted by Crippen LogP contribution is 2.36. The molecule has 0 aliphatic heterocycles. The van der Waals surface area contributed by atoms with Gasteiger partial charge in [0.15, 0.2) is 5.82 Å². The number of rotatable bonds is 6. The number of ether oxygens (including phenoxy) is 1. The highest BCUT2D eigenvalue weighted by atomic mass is 19.4. The van der Waals surface area contributed by atoms with Crippen LogP contribution in [-0.4, -0.2) is 32.7 Å². The molecule has 0 saturated heterocycles. The molecule has 2 amide bonds. The summed E-state index contributed by atoms with van der Waals surface area (Å²) in [5, 5.41) is 14.5. The number of carbonyl (C=O) groups excluding carboxylic acids is 1. The van der Waals surface area contributed by atoms with E-state index in [2.05, 4.69) is 25.6 Å². The largest absolute Gasteiger partial charge is 0.492 e. The number of amides is 2. The SMILES string of the molecule is CCOc1cc(-c2ncc(NC(=O)Nc3ccc(C(C)O)c(C(F)(F)F)c3)c(C)n2)cnc1C. The summed E-state index contributed by atoms with van der Waals surface area (Å²) in [7, 11) is 0. The summed E-state index contributed by atoms with van der Waals surface area (Å²) < 4.78 is 45.5. The Labute approximate surface area is 194 Å². The van der Waals surface area contributed by atoms with E-state index in [4.69, 9.17) is 4.74 Å². The first-order chi connectivity index (χ1) is 16.0. The fourth-order valence-electron chi connectivity index (χ4n) is 3.19. The summed E-state index contributed by atoms with van der Waals surface area (Å²) in [6.45, 7) is 7.06. The van der Waals surface area contributed by atoms with Gasteiger partial charge in [0.25, 0.3) is 0 Å². The summed E-state index contributed by atoms with van der Waals surface area (Å²) >= 11 is 0. The molecule has 2 aromatic heterocycles. The van der Waals surface area contributed by atoms with Gasteiger partial charge in [-0.1, -0.05) is 6.07 Å². The van der Waals surface area contributed by atoms with Crippen molar-refractivity contribution in [3.05, 3.63) is 59.2 Å². The molecule has 0 fully saturated rings. The highest BCUT2D eigenvalue weighted by Gasteiger charge is 2.34. The lowest BCUT2D eigenvalue weighted by Gasteiger charge is -2.17. The molecule has 0 bridgehead atoms. The van der Waals surface area contributed by atoms with Crippen molar-refractivity contribution in [2.75, 3.05) is 17.2 Å². The second kappa shape index (κ2) is 10.0. The molecule has 1 unspecified atom stereocenters. The minimum Gasteiger partial charge on any atom is -0.492 e. The summed E-state index contributed by atoms with van der Waals surface area (Å²) in [6.07, 6.45) is -2.99. The number of aliphatic hydroxyl groups excluding tert-OH is 1.